The van der Waals surface area contributed by atoms with E-state index in [4.69, 9.17) is 10.5 Å². The van der Waals surface area contributed by atoms with E-state index < -0.39 is 10.0 Å². The third-order valence-corrected chi connectivity index (χ3v) is 5.27. The summed E-state index contributed by atoms with van der Waals surface area (Å²) in [6.45, 7) is 1.93. The number of rotatable bonds is 4. The fraction of sp³-hybridized carbons (Fsp3) is 0.467. The Kier molecular flexibility index (Phi) is 4.25. The summed E-state index contributed by atoms with van der Waals surface area (Å²) in [5.41, 5.74) is 6.98. The number of fused-ring (bicyclic) bond motifs is 1. The van der Waals surface area contributed by atoms with Crippen LogP contribution in [0.2, 0.25) is 0 Å². The number of hydrogen-bond donors (Lipinski definition) is 1. The molecule has 0 aromatic heterocycles. The minimum absolute atomic E-state index is 0.0278. The molecule has 7 nitrogen and oxygen atoms in total. The quantitative estimate of drug-likeness (QED) is 0.805. The summed E-state index contributed by atoms with van der Waals surface area (Å²) >= 11 is 0. The van der Waals surface area contributed by atoms with Crippen LogP contribution in [0.1, 0.15) is 24.0 Å². The molecule has 2 aliphatic rings. The number of sulfonamides is 1. The Hall–Kier alpha value is -2.09. The molecule has 0 saturated carbocycles. The van der Waals surface area contributed by atoms with Gasteiger partial charge in [0, 0.05) is 19.0 Å². The lowest BCUT2D eigenvalue weighted by molar-refractivity contribution is -0.119. The van der Waals surface area contributed by atoms with Crippen molar-refractivity contribution < 1.29 is 17.9 Å². The van der Waals surface area contributed by atoms with Crippen LogP contribution in [0, 0.1) is 5.92 Å². The van der Waals surface area contributed by atoms with Crippen LogP contribution >= 0.6 is 0 Å². The maximum absolute atomic E-state index is 11.7. The van der Waals surface area contributed by atoms with Gasteiger partial charge in [-0.2, -0.15) is 0 Å². The smallest absolute Gasteiger partial charge is 0.259 e. The highest BCUT2D eigenvalue weighted by molar-refractivity contribution is 7.89. The van der Waals surface area contributed by atoms with Crippen molar-refractivity contribution in [3.63, 3.8) is 0 Å². The van der Waals surface area contributed by atoms with Crippen molar-refractivity contribution >= 4 is 22.3 Å². The van der Waals surface area contributed by atoms with E-state index in [2.05, 4.69) is 4.40 Å². The first-order valence-corrected chi connectivity index (χ1v) is 9.12. The maximum Gasteiger partial charge on any atom is 0.259 e. The van der Waals surface area contributed by atoms with Crippen LogP contribution in [0.25, 0.3) is 0 Å². The molecule has 0 spiro atoms. The van der Waals surface area contributed by atoms with E-state index in [1.807, 2.05) is 0 Å². The zero-order valence-electron chi connectivity index (χ0n) is 12.6. The van der Waals surface area contributed by atoms with Gasteiger partial charge in [-0.15, -0.1) is 4.40 Å². The van der Waals surface area contributed by atoms with Crippen molar-refractivity contribution in [3.05, 3.63) is 29.3 Å². The lowest BCUT2D eigenvalue weighted by Crippen LogP contribution is -2.36. The van der Waals surface area contributed by atoms with Crippen molar-refractivity contribution in [1.29, 1.82) is 0 Å². The van der Waals surface area contributed by atoms with Crippen LogP contribution in [0.15, 0.2) is 22.6 Å². The van der Waals surface area contributed by atoms with E-state index in [0.717, 1.165) is 25.8 Å². The van der Waals surface area contributed by atoms with Gasteiger partial charge >= 0.3 is 0 Å². The molecule has 0 bridgehead atoms. The third-order valence-electron chi connectivity index (χ3n) is 4.12. The van der Waals surface area contributed by atoms with E-state index in [1.165, 1.54) is 0 Å². The van der Waals surface area contributed by atoms with Gasteiger partial charge in [-0.1, -0.05) is 12.1 Å². The van der Waals surface area contributed by atoms with Gasteiger partial charge < -0.3 is 15.4 Å². The molecule has 8 heteroatoms. The average molecular weight is 337 g/mol. The molecule has 1 unspecified atom stereocenters. The molecule has 1 aromatic rings. The molecule has 2 aliphatic heterocycles. The van der Waals surface area contributed by atoms with E-state index in [9.17, 15) is 13.2 Å². The SMILES string of the molecule is NC1=NS(=O)(=O)Cc2cccc(OCC3CCCN(C=O)C3)c21. The van der Waals surface area contributed by atoms with Crippen molar-refractivity contribution in [1.82, 2.24) is 4.90 Å². The number of amidine groups is 1. The number of carbonyl (C=O) groups excluding carboxylic acids is 1. The Morgan fingerprint density at radius 1 is 1.43 bits per heavy atom. The van der Waals surface area contributed by atoms with Gasteiger partial charge in [0.25, 0.3) is 10.0 Å². The highest BCUT2D eigenvalue weighted by atomic mass is 32.2. The van der Waals surface area contributed by atoms with E-state index in [0.29, 0.717) is 30.0 Å². The molecule has 1 saturated heterocycles. The lowest BCUT2D eigenvalue weighted by Gasteiger charge is -2.30. The first kappa shape index (κ1) is 15.8. The van der Waals surface area contributed by atoms with Crippen LogP contribution in [-0.4, -0.2) is 45.3 Å². The Morgan fingerprint density at radius 3 is 3.04 bits per heavy atom. The van der Waals surface area contributed by atoms with Crippen LogP contribution in [-0.2, 0) is 20.6 Å². The first-order chi connectivity index (χ1) is 11.0. The lowest BCUT2D eigenvalue weighted by atomic mass is 9.99. The Morgan fingerprint density at radius 2 is 2.26 bits per heavy atom. The Labute approximate surface area is 135 Å². The van der Waals surface area contributed by atoms with Gasteiger partial charge in [0.1, 0.15) is 11.6 Å². The summed E-state index contributed by atoms with van der Waals surface area (Å²) < 4.78 is 32.8. The fourth-order valence-electron chi connectivity index (χ4n) is 3.07. The molecule has 1 aromatic carbocycles. The molecule has 3 rings (SSSR count). The number of nitrogens with two attached hydrogens (primary N) is 1. The van der Waals surface area contributed by atoms with Gasteiger partial charge in [-0.05, 0) is 24.5 Å². The number of piperidine rings is 1. The van der Waals surface area contributed by atoms with Crippen molar-refractivity contribution in [2.75, 3.05) is 19.7 Å². The summed E-state index contributed by atoms with van der Waals surface area (Å²) in [4.78, 5) is 12.6. The highest BCUT2D eigenvalue weighted by Crippen LogP contribution is 2.29. The number of ether oxygens (including phenoxy) is 1. The topological polar surface area (TPSA) is 102 Å². The standard InChI is InChI=1S/C15H19N3O4S/c16-15-14-12(9-23(20,21)17-15)4-1-5-13(14)22-8-11-3-2-6-18(7-11)10-19/h1,4-5,10-11H,2-3,6-9H2,(H2,16,17). The van der Waals surface area contributed by atoms with Crippen LogP contribution in [0.5, 0.6) is 5.75 Å². The van der Waals surface area contributed by atoms with Gasteiger partial charge in [0.05, 0.1) is 17.9 Å². The number of nitrogens with zero attached hydrogens (tertiary/aromatic N) is 2. The zero-order chi connectivity index (χ0) is 16.4. The van der Waals surface area contributed by atoms with Gasteiger partial charge in [0.15, 0.2) is 0 Å². The second-order valence-electron chi connectivity index (χ2n) is 5.91. The van der Waals surface area contributed by atoms with Gasteiger partial charge in [-0.3, -0.25) is 4.79 Å². The first-order valence-electron chi connectivity index (χ1n) is 7.51. The molecule has 1 atom stereocenters. The monoisotopic (exact) mass is 337 g/mol. The fourth-order valence-corrected chi connectivity index (χ4v) is 4.16. The maximum atomic E-state index is 11.7. The highest BCUT2D eigenvalue weighted by Gasteiger charge is 2.26. The largest absolute Gasteiger partial charge is 0.492 e. The summed E-state index contributed by atoms with van der Waals surface area (Å²) in [5.74, 6) is 0.611. The number of carbonyl (C=O) groups is 1. The normalized spacial score (nSPS) is 22.9. The summed E-state index contributed by atoms with van der Waals surface area (Å²) in [6.07, 6.45) is 2.82. The predicted octanol–water partition coefficient (Wildman–Crippen LogP) is 0.482. The van der Waals surface area contributed by atoms with Crippen molar-refractivity contribution in [2.45, 2.75) is 18.6 Å². The van der Waals surface area contributed by atoms with Crippen molar-refractivity contribution in [3.8, 4) is 5.75 Å². The molecule has 0 radical (unpaired) electrons. The number of benzene rings is 1. The van der Waals surface area contributed by atoms with Crippen molar-refractivity contribution in [2.24, 2.45) is 16.0 Å². The molecular formula is C15H19N3O4S. The molecular weight excluding hydrogens is 318 g/mol. The molecule has 2 N–H and O–H groups in total. The van der Waals surface area contributed by atoms with Crippen LogP contribution < -0.4 is 10.5 Å². The predicted molar refractivity (Wildman–Crippen MR) is 85.6 cm³/mol. The molecule has 124 valence electrons. The zero-order valence-corrected chi connectivity index (χ0v) is 13.5. The molecule has 1 amide bonds. The molecule has 0 aliphatic carbocycles. The second kappa shape index (κ2) is 6.19. The van der Waals surface area contributed by atoms with Gasteiger partial charge in [0.2, 0.25) is 6.41 Å². The minimum atomic E-state index is -3.55. The van der Waals surface area contributed by atoms with E-state index in [-0.39, 0.29) is 17.5 Å². The minimum Gasteiger partial charge on any atom is -0.492 e. The Balaban J connectivity index is 1.76. The second-order valence-corrected chi connectivity index (χ2v) is 7.55. The third kappa shape index (κ3) is 3.47. The summed E-state index contributed by atoms with van der Waals surface area (Å²) in [5, 5.41) is 0. The summed E-state index contributed by atoms with van der Waals surface area (Å²) in [6, 6.07) is 5.23. The summed E-state index contributed by atoms with van der Waals surface area (Å²) in [7, 11) is -3.55. The Bertz CT molecular complexity index is 745. The van der Waals surface area contributed by atoms with Gasteiger partial charge in [-0.25, -0.2) is 8.42 Å². The molecule has 23 heavy (non-hydrogen) atoms. The van der Waals surface area contributed by atoms with Crippen LogP contribution in [0.4, 0.5) is 0 Å². The average Bonchev–Trinajstić information content (AvgIpc) is 2.51. The van der Waals surface area contributed by atoms with E-state index in [1.54, 1.807) is 23.1 Å². The molecule has 1 fully saturated rings. The van der Waals surface area contributed by atoms with Crippen LogP contribution in [0.3, 0.4) is 0 Å². The number of likely N-dealkylation sites (tertiary alicyclic amines) is 1. The number of hydrogen-bond acceptors (Lipinski definition) is 5. The number of amides is 1. The van der Waals surface area contributed by atoms with E-state index >= 15 is 0 Å². The molecule has 2 heterocycles.